The van der Waals surface area contributed by atoms with Crippen molar-refractivity contribution in [3.8, 4) is 0 Å². The second-order valence-electron chi connectivity index (χ2n) is 6.23. The molecule has 3 amide bonds. The van der Waals surface area contributed by atoms with Crippen LogP contribution in [0.25, 0.3) is 0 Å². The molecule has 0 saturated heterocycles. The molecule has 1 aromatic rings. The van der Waals surface area contributed by atoms with Crippen LogP contribution >= 0.6 is 23.2 Å². The average Bonchev–Trinajstić information content (AvgIpc) is 2.78. The van der Waals surface area contributed by atoms with Crippen LogP contribution in [-0.4, -0.2) is 35.2 Å². The van der Waals surface area contributed by atoms with E-state index in [0.717, 1.165) is 30.6 Å². The fraction of sp³-hybridized carbons (Fsp3) is 0.471. The van der Waals surface area contributed by atoms with Gasteiger partial charge in [-0.3, -0.25) is 19.3 Å². The van der Waals surface area contributed by atoms with Crippen molar-refractivity contribution in [2.75, 3.05) is 6.54 Å². The summed E-state index contributed by atoms with van der Waals surface area (Å²) in [6.45, 7) is 0.0557. The molecule has 0 radical (unpaired) electrons. The number of rotatable bonds is 4. The fourth-order valence-electron chi connectivity index (χ4n) is 3.25. The average molecular weight is 369 g/mol. The number of carbonyl (C=O) groups excluding carboxylic acids is 3. The van der Waals surface area contributed by atoms with E-state index >= 15 is 0 Å². The van der Waals surface area contributed by atoms with E-state index in [1.54, 1.807) is 0 Å². The van der Waals surface area contributed by atoms with Gasteiger partial charge in [0, 0.05) is 19.0 Å². The van der Waals surface area contributed by atoms with Crippen molar-refractivity contribution in [2.24, 2.45) is 0 Å². The SMILES string of the molecule is O=C(CCN1C(=O)c2cc(Cl)c(Cl)cc2C1=O)NC1CCCCC1. The Balaban J connectivity index is 1.61. The monoisotopic (exact) mass is 368 g/mol. The van der Waals surface area contributed by atoms with E-state index in [2.05, 4.69) is 5.32 Å². The van der Waals surface area contributed by atoms with Gasteiger partial charge in [-0.15, -0.1) is 0 Å². The molecule has 2 aliphatic rings. The Labute approximate surface area is 150 Å². The minimum atomic E-state index is -0.431. The van der Waals surface area contributed by atoms with Crippen LogP contribution in [0.5, 0.6) is 0 Å². The maximum atomic E-state index is 12.3. The molecule has 7 heteroatoms. The summed E-state index contributed by atoms with van der Waals surface area (Å²) in [4.78, 5) is 37.8. The number of hydrogen-bond acceptors (Lipinski definition) is 3. The molecular weight excluding hydrogens is 351 g/mol. The Bertz CT molecular complexity index is 658. The first kappa shape index (κ1) is 17.2. The first-order valence-electron chi connectivity index (χ1n) is 8.12. The second kappa shape index (κ2) is 7.11. The van der Waals surface area contributed by atoms with E-state index < -0.39 is 11.8 Å². The lowest BCUT2D eigenvalue weighted by Gasteiger charge is -2.23. The lowest BCUT2D eigenvalue weighted by Crippen LogP contribution is -2.39. The molecule has 0 atom stereocenters. The van der Waals surface area contributed by atoms with Gasteiger partial charge in [0.2, 0.25) is 5.91 Å². The highest BCUT2D eigenvalue weighted by Crippen LogP contribution is 2.31. The van der Waals surface area contributed by atoms with Gasteiger partial charge in [0.1, 0.15) is 0 Å². The predicted octanol–water partition coefficient (Wildman–Crippen LogP) is 3.43. The number of nitrogens with zero attached hydrogens (tertiary/aromatic N) is 1. The second-order valence-corrected chi connectivity index (χ2v) is 7.04. The number of hydrogen-bond donors (Lipinski definition) is 1. The minimum Gasteiger partial charge on any atom is -0.353 e. The zero-order valence-corrected chi connectivity index (χ0v) is 14.6. The van der Waals surface area contributed by atoms with Crippen molar-refractivity contribution in [1.29, 1.82) is 0 Å². The number of carbonyl (C=O) groups is 3. The number of benzene rings is 1. The van der Waals surface area contributed by atoms with Crippen molar-refractivity contribution < 1.29 is 14.4 Å². The molecule has 1 fully saturated rings. The van der Waals surface area contributed by atoms with E-state index in [1.807, 2.05) is 0 Å². The van der Waals surface area contributed by atoms with Crippen LogP contribution in [0, 0.1) is 0 Å². The Morgan fingerprint density at radius 3 is 2.12 bits per heavy atom. The molecule has 0 bridgehead atoms. The van der Waals surface area contributed by atoms with Gasteiger partial charge < -0.3 is 5.32 Å². The van der Waals surface area contributed by atoms with Gasteiger partial charge in [-0.25, -0.2) is 0 Å². The third-order valence-electron chi connectivity index (χ3n) is 4.54. The maximum absolute atomic E-state index is 12.3. The maximum Gasteiger partial charge on any atom is 0.261 e. The molecule has 3 rings (SSSR count). The summed E-state index contributed by atoms with van der Waals surface area (Å²) in [6.07, 6.45) is 5.57. The summed E-state index contributed by atoms with van der Waals surface area (Å²) >= 11 is 11.8. The van der Waals surface area contributed by atoms with Crippen molar-refractivity contribution in [1.82, 2.24) is 10.2 Å². The number of nitrogens with one attached hydrogen (secondary N) is 1. The number of amides is 3. The van der Waals surface area contributed by atoms with Crippen LogP contribution in [0.3, 0.4) is 0 Å². The quantitative estimate of drug-likeness (QED) is 0.827. The fourth-order valence-corrected chi connectivity index (χ4v) is 3.57. The summed E-state index contributed by atoms with van der Waals surface area (Å²) in [5.41, 5.74) is 0.476. The van der Waals surface area contributed by atoms with Gasteiger partial charge >= 0.3 is 0 Å². The van der Waals surface area contributed by atoms with Crippen molar-refractivity contribution in [3.05, 3.63) is 33.3 Å². The van der Waals surface area contributed by atoms with Gasteiger partial charge in [-0.1, -0.05) is 42.5 Å². The Morgan fingerprint density at radius 1 is 1.04 bits per heavy atom. The first-order chi connectivity index (χ1) is 11.5. The molecule has 1 heterocycles. The number of imide groups is 1. The molecule has 0 spiro atoms. The molecule has 0 unspecified atom stereocenters. The summed E-state index contributed by atoms with van der Waals surface area (Å²) in [5, 5.41) is 3.44. The Kier molecular flexibility index (Phi) is 5.11. The zero-order valence-electron chi connectivity index (χ0n) is 13.1. The van der Waals surface area contributed by atoms with Crippen LogP contribution in [0.2, 0.25) is 10.0 Å². The van der Waals surface area contributed by atoms with Crippen LogP contribution in [0.4, 0.5) is 0 Å². The van der Waals surface area contributed by atoms with Gasteiger partial charge in [-0.2, -0.15) is 0 Å². The van der Waals surface area contributed by atoms with Crippen molar-refractivity contribution >= 4 is 40.9 Å². The highest BCUT2D eigenvalue weighted by molar-refractivity contribution is 6.43. The molecule has 24 heavy (non-hydrogen) atoms. The summed E-state index contributed by atoms with van der Waals surface area (Å²) < 4.78 is 0. The molecule has 1 aliphatic carbocycles. The summed E-state index contributed by atoms with van der Waals surface area (Å²) in [7, 11) is 0. The van der Waals surface area contributed by atoms with Gasteiger partial charge in [0.25, 0.3) is 11.8 Å². The molecule has 0 aromatic heterocycles. The number of halogens is 2. The molecule has 1 aromatic carbocycles. The largest absolute Gasteiger partial charge is 0.353 e. The molecule has 1 N–H and O–H groups in total. The molecular formula is C17H18Cl2N2O3. The van der Waals surface area contributed by atoms with Gasteiger partial charge in [0.05, 0.1) is 21.2 Å². The predicted molar refractivity (Wildman–Crippen MR) is 91.5 cm³/mol. The minimum absolute atomic E-state index is 0.0557. The normalized spacial score (nSPS) is 18.0. The highest BCUT2D eigenvalue weighted by Gasteiger charge is 2.36. The summed E-state index contributed by atoms with van der Waals surface area (Å²) in [6, 6.07) is 3.02. The lowest BCUT2D eigenvalue weighted by atomic mass is 9.95. The van der Waals surface area contributed by atoms with E-state index in [0.29, 0.717) is 0 Å². The zero-order chi connectivity index (χ0) is 17.3. The Hall–Kier alpha value is -1.59. The van der Waals surface area contributed by atoms with Gasteiger partial charge in [-0.05, 0) is 25.0 Å². The van der Waals surface area contributed by atoms with Crippen LogP contribution in [-0.2, 0) is 4.79 Å². The molecule has 1 saturated carbocycles. The highest BCUT2D eigenvalue weighted by atomic mass is 35.5. The standard InChI is InChI=1S/C17H18Cl2N2O3/c18-13-8-11-12(9-14(13)19)17(24)21(16(11)23)7-6-15(22)20-10-4-2-1-3-5-10/h8-10H,1-7H2,(H,20,22). The van der Waals surface area contributed by atoms with E-state index in [4.69, 9.17) is 23.2 Å². The van der Waals surface area contributed by atoms with E-state index in [9.17, 15) is 14.4 Å². The topological polar surface area (TPSA) is 66.5 Å². The van der Waals surface area contributed by atoms with Gasteiger partial charge in [0.15, 0.2) is 0 Å². The van der Waals surface area contributed by atoms with Crippen molar-refractivity contribution in [2.45, 2.75) is 44.6 Å². The molecule has 128 valence electrons. The van der Waals surface area contributed by atoms with E-state index in [1.165, 1.54) is 18.6 Å². The van der Waals surface area contributed by atoms with Crippen molar-refractivity contribution in [3.63, 3.8) is 0 Å². The third kappa shape index (κ3) is 3.42. The lowest BCUT2D eigenvalue weighted by molar-refractivity contribution is -0.122. The number of fused-ring (bicyclic) bond motifs is 1. The Morgan fingerprint density at radius 2 is 1.58 bits per heavy atom. The van der Waals surface area contributed by atoms with Crippen LogP contribution < -0.4 is 5.32 Å². The molecule has 1 aliphatic heterocycles. The van der Waals surface area contributed by atoms with Crippen LogP contribution in [0.15, 0.2) is 12.1 Å². The first-order valence-corrected chi connectivity index (χ1v) is 8.87. The van der Waals surface area contributed by atoms with Crippen LogP contribution in [0.1, 0.15) is 59.2 Å². The molecule has 5 nitrogen and oxygen atoms in total. The smallest absolute Gasteiger partial charge is 0.261 e. The third-order valence-corrected chi connectivity index (χ3v) is 5.27. The van der Waals surface area contributed by atoms with E-state index in [-0.39, 0.29) is 46.1 Å². The summed E-state index contributed by atoms with van der Waals surface area (Å²) in [5.74, 6) is -0.993.